The van der Waals surface area contributed by atoms with Gasteiger partial charge >= 0.3 is 0 Å². The number of ether oxygens (including phenoxy) is 1. The van der Waals surface area contributed by atoms with Crippen LogP contribution >= 0.6 is 0 Å². The summed E-state index contributed by atoms with van der Waals surface area (Å²) in [5.74, 6) is 0.238. The van der Waals surface area contributed by atoms with E-state index >= 15 is 0 Å². The van der Waals surface area contributed by atoms with Gasteiger partial charge in [-0.2, -0.15) is 0 Å². The lowest BCUT2D eigenvalue weighted by Crippen LogP contribution is -2.30. The van der Waals surface area contributed by atoms with Crippen LogP contribution in [0.3, 0.4) is 0 Å². The van der Waals surface area contributed by atoms with Gasteiger partial charge in [-0.25, -0.2) is 0 Å². The van der Waals surface area contributed by atoms with Crippen LogP contribution in [0.5, 0.6) is 11.5 Å². The SMILES string of the molecule is CC(=O)c1c(O)ccc2c1OC(C)(C)c1ccccc1-2. The van der Waals surface area contributed by atoms with Crippen molar-refractivity contribution in [2.45, 2.75) is 26.4 Å². The molecule has 0 saturated carbocycles. The van der Waals surface area contributed by atoms with E-state index in [2.05, 4.69) is 0 Å². The van der Waals surface area contributed by atoms with Gasteiger partial charge in [0.05, 0.1) is 0 Å². The Bertz CT molecular complexity index is 714. The molecular formula is C17H16O3. The van der Waals surface area contributed by atoms with Crippen molar-refractivity contribution in [2.75, 3.05) is 0 Å². The van der Waals surface area contributed by atoms with Crippen LogP contribution < -0.4 is 4.74 Å². The fourth-order valence-electron chi connectivity index (χ4n) is 2.78. The predicted molar refractivity (Wildman–Crippen MR) is 77.2 cm³/mol. The molecule has 0 aromatic heterocycles. The highest BCUT2D eigenvalue weighted by Crippen LogP contribution is 2.48. The zero-order chi connectivity index (χ0) is 14.5. The Morgan fingerprint density at radius 2 is 1.80 bits per heavy atom. The van der Waals surface area contributed by atoms with Crippen LogP contribution in [0.4, 0.5) is 0 Å². The van der Waals surface area contributed by atoms with Crippen LogP contribution in [0.15, 0.2) is 36.4 Å². The maximum absolute atomic E-state index is 11.8. The third-order valence-electron chi connectivity index (χ3n) is 3.71. The summed E-state index contributed by atoms with van der Waals surface area (Å²) in [6, 6.07) is 11.3. The Morgan fingerprint density at radius 1 is 1.10 bits per heavy atom. The molecule has 0 unspecified atom stereocenters. The van der Waals surface area contributed by atoms with Crippen LogP contribution in [0.1, 0.15) is 36.7 Å². The molecule has 3 rings (SSSR count). The van der Waals surface area contributed by atoms with E-state index < -0.39 is 5.60 Å². The molecule has 2 aromatic carbocycles. The van der Waals surface area contributed by atoms with E-state index in [0.717, 1.165) is 16.7 Å². The Morgan fingerprint density at radius 3 is 2.50 bits per heavy atom. The molecule has 1 aliphatic heterocycles. The highest BCUT2D eigenvalue weighted by molar-refractivity contribution is 6.02. The molecule has 0 aliphatic carbocycles. The molecule has 3 nitrogen and oxygen atoms in total. The molecular weight excluding hydrogens is 252 g/mol. The van der Waals surface area contributed by atoms with E-state index in [1.54, 1.807) is 12.1 Å². The number of rotatable bonds is 1. The molecule has 3 heteroatoms. The van der Waals surface area contributed by atoms with Gasteiger partial charge in [0.15, 0.2) is 5.78 Å². The van der Waals surface area contributed by atoms with Crippen LogP contribution in [0.2, 0.25) is 0 Å². The van der Waals surface area contributed by atoms with Gasteiger partial charge in [0.2, 0.25) is 0 Å². The van der Waals surface area contributed by atoms with Crippen LogP contribution in [0, 0.1) is 0 Å². The average molecular weight is 268 g/mol. The summed E-state index contributed by atoms with van der Waals surface area (Å²) in [5.41, 5.74) is 2.68. The zero-order valence-electron chi connectivity index (χ0n) is 11.7. The maximum atomic E-state index is 11.8. The predicted octanol–water partition coefficient (Wildman–Crippen LogP) is 3.89. The lowest BCUT2D eigenvalue weighted by molar-refractivity contribution is 0.0940. The highest BCUT2D eigenvalue weighted by Gasteiger charge is 2.35. The third kappa shape index (κ3) is 1.70. The first-order valence-corrected chi connectivity index (χ1v) is 6.57. The number of carbonyl (C=O) groups is 1. The van der Waals surface area contributed by atoms with Gasteiger partial charge in [-0.05, 0) is 38.5 Å². The van der Waals surface area contributed by atoms with Crippen molar-refractivity contribution in [1.82, 2.24) is 0 Å². The van der Waals surface area contributed by atoms with Crippen molar-refractivity contribution in [2.24, 2.45) is 0 Å². The quantitative estimate of drug-likeness (QED) is 0.798. The van der Waals surface area contributed by atoms with Crippen molar-refractivity contribution in [3.8, 4) is 22.6 Å². The highest BCUT2D eigenvalue weighted by atomic mass is 16.5. The van der Waals surface area contributed by atoms with Gasteiger partial charge < -0.3 is 9.84 Å². The number of benzene rings is 2. The van der Waals surface area contributed by atoms with Gasteiger partial charge in [0.25, 0.3) is 0 Å². The molecule has 0 fully saturated rings. The molecule has 102 valence electrons. The number of phenolic OH excluding ortho intramolecular Hbond substituents is 1. The van der Waals surface area contributed by atoms with Gasteiger partial charge in [0.1, 0.15) is 22.7 Å². The monoisotopic (exact) mass is 268 g/mol. The second-order valence-electron chi connectivity index (χ2n) is 5.55. The second kappa shape index (κ2) is 4.10. The van der Waals surface area contributed by atoms with Crippen LogP contribution in [-0.2, 0) is 5.60 Å². The fourth-order valence-corrected chi connectivity index (χ4v) is 2.78. The molecule has 1 N–H and O–H groups in total. The smallest absolute Gasteiger partial charge is 0.167 e. The van der Waals surface area contributed by atoms with Crippen LogP contribution in [-0.4, -0.2) is 10.9 Å². The molecule has 0 saturated heterocycles. The normalized spacial score (nSPS) is 14.9. The number of phenols is 1. The third-order valence-corrected chi connectivity index (χ3v) is 3.71. The fraction of sp³-hybridized carbons (Fsp3) is 0.235. The molecule has 1 heterocycles. The van der Waals surface area contributed by atoms with Gasteiger partial charge in [-0.1, -0.05) is 24.3 Å². The summed E-state index contributed by atoms with van der Waals surface area (Å²) < 4.78 is 6.04. The molecule has 0 radical (unpaired) electrons. The minimum absolute atomic E-state index is 0.0357. The Balaban J connectivity index is 2.38. The summed E-state index contributed by atoms with van der Waals surface area (Å²) in [7, 11) is 0. The molecule has 0 bridgehead atoms. The van der Waals surface area contributed by atoms with Gasteiger partial charge in [0, 0.05) is 11.1 Å². The number of carbonyl (C=O) groups excluding carboxylic acids is 1. The average Bonchev–Trinajstić information content (AvgIpc) is 2.37. The first-order valence-electron chi connectivity index (χ1n) is 6.57. The van der Waals surface area contributed by atoms with Crippen molar-refractivity contribution in [3.63, 3.8) is 0 Å². The van der Waals surface area contributed by atoms with Crippen molar-refractivity contribution in [1.29, 1.82) is 0 Å². The topological polar surface area (TPSA) is 46.5 Å². The van der Waals surface area contributed by atoms with Crippen molar-refractivity contribution in [3.05, 3.63) is 47.5 Å². The van der Waals surface area contributed by atoms with E-state index in [9.17, 15) is 9.90 Å². The molecule has 0 amide bonds. The lowest BCUT2D eigenvalue weighted by Gasteiger charge is -2.35. The molecule has 0 spiro atoms. The van der Waals surface area contributed by atoms with E-state index in [4.69, 9.17) is 4.74 Å². The molecule has 0 atom stereocenters. The second-order valence-corrected chi connectivity index (χ2v) is 5.55. The summed E-state index contributed by atoms with van der Waals surface area (Å²) in [6.07, 6.45) is 0. The van der Waals surface area contributed by atoms with Crippen molar-refractivity contribution >= 4 is 5.78 Å². The number of Topliss-reactive ketones (excluding diaryl/α,β-unsaturated/α-hetero) is 1. The number of fused-ring (bicyclic) bond motifs is 3. The molecule has 2 aromatic rings. The zero-order valence-corrected chi connectivity index (χ0v) is 11.7. The minimum atomic E-state index is -0.540. The largest absolute Gasteiger partial charge is 0.507 e. The summed E-state index contributed by atoms with van der Waals surface area (Å²) in [5, 5.41) is 9.95. The van der Waals surface area contributed by atoms with E-state index in [1.807, 2.05) is 38.1 Å². The van der Waals surface area contributed by atoms with Gasteiger partial charge in [-0.15, -0.1) is 0 Å². The standard InChI is InChI=1S/C17H16O3/c1-10(18)15-14(19)9-8-12-11-6-4-5-7-13(11)17(2,3)20-16(12)15/h4-9,19H,1-3H3. The number of hydrogen-bond acceptors (Lipinski definition) is 3. The summed E-state index contributed by atoms with van der Waals surface area (Å²) in [6.45, 7) is 5.36. The molecule has 20 heavy (non-hydrogen) atoms. The first-order chi connectivity index (χ1) is 9.42. The van der Waals surface area contributed by atoms with E-state index in [-0.39, 0.29) is 17.1 Å². The lowest BCUT2D eigenvalue weighted by atomic mass is 9.85. The maximum Gasteiger partial charge on any atom is 0.167 e. The number of ketones is 1. The number of hydrogen-bond donors (Lipinski definition) is 1. The first kappa shape index (κ1) is 12.7. The van der Waals surface area contributed by atoms with E-state index in [0.29, 0.717) is 5.75 Å². The summed E-state index contributed by atoms with van der Waals surface area (Å²) in [4.78, 5) is 11.8. The van der Waals surface area contributed by atoms with Crippen molar-refractivity contribution < 1.29 is 14.6 Å². The summed E-state index contributed by atoms with van der Waals surface area (Å²) >= 11 is 0. The van der Waals surface area contributed by atoms with Crippen LogP contribution in [0.25, 0.3) is 11.1 Å². The Hall–Kier alpha value is -2.29. The Kier molecular flexibility index (Phi) is 2.61. The van der Waals surface area contributed by atoms with Gasteiger partial charge in [-0.3, -0.25) is 4.79 Å². The molecule has 1 aliphatic rings. The number of aromatic hydroxyl groups is 1. The van der Waals surface area contributed by atoms with E-state index in [1.165, 1.54) is 6.92 Å². The minimum Gasteiger partial charge on any atom is -0.507 e. The Labute approximate surface area is 117 Å².